The van der Waals surface area contributed by atoms with E-state index in [1.165, 1.54) is 0 Å². The Morgan fingerprint density at radius 3 is 2.73 bits per heavy atom. The molecule has 0 aliphatic rings. The molecule has 0 aliphatic carbocycles. The molecule has 1 aromatic rings. The lowest BCUT2D eigenvalue weighted by molar-refractivity contribution is 1.06. The van der Waals surface area contributed by atoms with Gasteiger partial charge in [-0.15, -0.1) is 0 Å². The molecule has 0 atom stereocenters. The van der Waals surface area contributed by atoms with E-state index in [1.54, 1.807) is 0 Å². The average Bonchev–Trinajstić information content (AvgIpc) is 1.96. The van der Waals surface area contributed by atoms with E-state index in [-0.39, 0.29) is 0 Å². The minimum Gasteiger partial charge on any atom is -0.326 e. The highest BCUT2D eigenvalue weighted by Gasteiger charge is 2.03. The lowest BCUT2D eigenvalue weighted by Crippen LogP contribution is -1.98. The molecule has 0 bridgehead atoms. The monoisotopic (exact) mass is 345 g/mol. The van der Waals surface area contributed by atoms with Crippen molar-refractivity contribution in [1.29, 1.82) is 0 Å². The Morgan fingerprint density at radius 1 is 1.55 bits per heavy atom. The second-order valence-electron chi connectivity index (χ2n) is 2.06. The van der Waals surface area contributed by atoms with Gasteiger partial charge < -0.3 is 5.73 Å². The van der Waals surface area contributed by atoms with Crippen molar-refractivity contribution >= 4 is 50.1 Å². The number of rotatable bonds is 1. The fourth-order valence-electron chi connectivity index (χ4n) is 0.758. The van der Waals surface area contributed by atoms with Crippen molar-refractivity contribution in [3.05, 3.63) is 30.8 Å². The Balaban J connectivity index is 3.24. The van der Waals surface area contributed by atoms with Crippen molar-refractivity contribution in [3.63, 3.8) is 0 Å². The molecular formula is C7H6BrClIN. The maximum absolute atomic E-state index is 5.82. The summed E-state index contributed by atoms with van der Waals surface area (Å²) in [4.78, 5) is 0. The average molecular weight is 346 g/mol. The summed E-state index contributed by atoms with van der Waals surface area (Å²) in [5, 5.41) is 0.734. The molecule has 0 heterocycles. The third kappa shape index (κ3) is 2.31. The molecule has 0 aliphatic heterocycles. The third-order valence-electron chi connectivity index (χ3n) is 1.29. The van der Waals surface area contributed by atoms with Gasteiger partial charge in [0.05, 0.1) is 0 Å². The summed E-state index contributed by atoms with van der Waals surface area (Å²) in [6, 6.07) is 3.76. The van der Waals surface area contributed by atoms with Gasteiger partial charge in [0.2, 0.25) is 0 Å². The van der Waals surface area contributed by atoms with Gasteiger partial charge in [0.25, 0.3) is 0 Å². The predicted molar refractivity (Wildman–Crippen MR) is 59.8 cm³/mol. The molecule has 0 spiro atoms. The van der Waals surface area contributed by atoms with Gasteiger partial charge in [-0.2, -0.15) is 0 Å². The molecule has 2 N–H and O–H groups in total. The molecule has 1 aromatic carbocycles. The lowest BCUT2D eigenvalue weighted by atomic mass is 10.2. The van der Waals surface area contributed by atoms with Crippen LogP contribution in [0.4, 0.5) is 0 Å². The van der Waals surface area contributed by atoms with Gasteiger partial charge in [0, 0.05) is 19.6 Å². The van der Waals surface area contributed by atoms with Crippen LogP contribution < -0.4 is 5.73 Å². The number of hydrogen-bond donors (Lipinski definition) is 1. The zero-order valence-corrected chi connectivity index (χ0v) is 10.1. The van der Waals surface area contributed by atoms with Crippen LogP contribution in [0.1, 0.15) is 5.56 Å². The second-order valence-corrected chi connectivity index (χ2v) is 4.46. The molecule has 60 valence electrons. The van der Waals surface area contributed by atoms with Crippen LogP contribution in [0, 0.1) is 3.57 Å². The first-order valence-electron chi connectivity index (χ1n) is 2.98. The van der Waals surface area contributed by atoms with Crippen molar-refractivity contribution in [1.82, 2.24) is 0 Å². The summed E-state index contributed by atoms with van der Waals surface area (Å²) in [6.45, 7) is 0.511. The second kappa shape index (κ2) is 4.07. The SMILES string of the molecule is NCc1cc(Cl)cc(I)c1Br. The zero-order chi connectivity index (χ0) is 8.43. The Bertz CT molecular complexity index is 277. The molecule has 0 amide bonds. The Kier molecular flexibility index (Phi) is 3.61. The van der Waals surface area contributed by atoms with Crippen LogP contribution in [0.3, 0.4) is 0 Å². The Labute approximate surface area is 92.6 Å². The predicted octanol–water partition coefficient (Wildman–Crippen LogP) is 3.17. The zero-order valence-electron chi connectivity index (χ0n) is 5.57. The van der Waals surface area contributed by atoms with E-state index in [2.05, 4.69) is 38.5 Å². The fourth-order valence-corrected chi connectivity index (χ4v) is 2.26. The summed E-state index contributed by atoms with van der Waals surface area (Å²) in [5.74, 6) is 0. The van der Waals surface area contributed by atoms with Gasteiger partial charge in [0.15, 0.2) is 0 Å². The summed E-state index contributed by atoms with van der Waals surface area (Å²) < 4.78 is 2.14. The van der Waals surface area contributed by atoms with E-state index in [4.69, 9.17) is 17.3 Å². The number of benzene rings is 1. The highest BCUT2D eigenvalue weighted by Crippen LogP contribution is 2.26. The van der Waals surface area contributed by atoms with Gasteiger partial charge in [-0.3, -0.25) is 0 Å². The van der Waals surface area contributed by atoms with Crippen LogP contribution in [0.25, 0.3) is 0 Å². The molecule has 4 heteroatoms. The number of nitrogens with two attached hydrogens (primary N) is 1. The van der Waals surface area contributed by atoms with Gasteiger partial charge in [0.1, 0.15) is 0 Å². The van der Waals surface area contributed by atoms with Gasteiger partial charge >= 0.3 is 0 Å². The van der Waals surface area contributed by atoms with E-state index in [9.17, 15) is 0 Å². The molecule has 1 nitrogen and oxygen atoms in total. The van der Waals surface area contributed by atoms with Crippen molar-refractivity contribution in [2.75, 3.05) is 0 Å². The van der Waals surface area contributed by atoms with E-state index in [1.807, 2.05) is 12.1 Å². The molecule has 1 rings (SSSR count). The Hall–Kier alpha value is 0.680. The fraction of sp³-hybridized carbons (Fsp3) is 0.143. The molecule has 0 saturated carbocycles. The topological polar surface area (TPSA) is 26.0 Å². The molecule has 0 unspecified atom stereocenters. The lowest BCUT2D eigenvalue weighted by Gasteiger charge is -2.03. The van der Waals surface area contributed by atoms with Crippen LogP contribution in [-0.2, 0) is 6.54 Å². The van der Waals surface area contributed by atoms with Crippen molar-refractivity contribution in [2.45, 2.75) is 6.54 Å². The van der Waals surface area contributed by atoms with E-state index >= 15 is 0 Å². The Morgan fingerprint density at radius 2 is 2.18 bits per heavy atom. The van der Waals surface area contributed by atoms with Crippen molar-refractivity contribution in [3.8, 4) is 0 Å². The van der Waals surface area contributed by atoms with Crippen LogP contribution in [0.2, 0.25) is 5.02 Å². The van der Waals surface area contributed by atoms with Crippen LogP contribution in [-0.4, -0.2) is 0 Å². The summed E-state index contributed by atoms with van der Waals surface area (Å²) in [5.41, 5.74) is 6.54. The van der Waals surface area contributed by atoms with Crippen LogP contribution in [0.15, 0.2) is 16.6 Å². The number of hydrogen-bond acceptors (Lipinski definition) is 1. The maximum atomic E-state index is 5.82. The highest BCUT2D eigenvalue weighted by molar-refractivity contribution is 14.1. The highest BCUT2D eigenvalue weighted by atomic mass is 127. The maximum Gasteiger partial charge on any atom is 0.0420 e. The molecule has 0 fully saturated rings. The molecule has 0 radical (unpaired) electrons. The van der Waals surface area contributed by atoms with Gasteiger partial charge in [-0.1, -0.05) is 11.6 Å². The molecule has 11 heavy (non-hydrogen) atoms. The first-order valence-corrected chi connectivity index (χ1v) is 5.23. The van der Waals surface area contributed by atoms with Gasteiger partial charge in [-0.05, 0) is 56.2 Å². The van der Waals surface area contributed by atoms with Crippen molar-refractivity contribution < 1.29 is 0 Å². The molecule has 0 aromatic heterocycles. The number of halogens is 3. The van der Waals surface area contributed by atoms with Crippen molar-refractivity contribution in [2.24, 2.45) is 5.73 Å². The minimum atomic E-state index is 0.511. The van der Waals surface area contributed by atoms with Crippen LogP contribution in [0.5, 0.6) is 0 Å². The molecular weight excluding hydrogens is 340 g/mol. The summed E-state index contributed by atoms with van der Waals surface area (Å²) >= 11 is 11.5. The smallest absolute Gasteiger partial charge is 0.0420 e. The third-order valence-corrected chi connectivity index (χ3v) is 4.03. The largest absolute Gasteiger partial charge is 0.326 e. The van der Waals surface area contributed by atoms with E-state index in [0.717, 1.165) is 18.6 Å². The standard InChI is InChI=1S/C7H6BrClIN/c8-7-4(3-11)1-5(9)2-6(7)10/h1-2H,3,11H2. The quantitative estimate of drug-likeness (QED) is 0.613. The first-order chi connectivity index (χ1) is 5.15. The summed E-state index contributed by atoms with van der Waals surface area (Å²) in [6.07, 6.45) is 0. The first kappa shape index (κ1) is 9.77. The van der Waals surface area contributed by atoms with Gasteiger partial charge in [-0.25, -0.2) is 0 Å². The minimum absolute atomic E-state index is 0.511. The van der Waals surface area contributed by atoms with E-state index < -0.39 is 0 Å². The summed E-state index contributed by atoms with van der Waals surface area (Å²) in [7, 11) is 0. The molecule has 0 saturated heterocycles. The normalized spacial score (nSPS) is 10.2. The van der Waals surface area contributed by atoms with E-state index in [0.29, 0.717) is 6.54 Å². The van der Waals surface area contributed by atoms with Crippen LogP contribution >= 0.6 is 50.1 Å².